The van der Waals surface area contributed by atoms with E-state index in [1.165, 1.54) is 0 Å². The van der Waals surface area contributed by atoms with Crippen molar-refractivity contribution >= 4 is 17.9 Å². The maximum Gasteiger partial charge on any atom is 0.254 e. The van der Waals surface area contributed by atoms with E-state index >= 15 is 0 Å². The van der Waals surface area contributed by atoms with Crippen LogP contribution in [-0.2, 0) is 4.74 Å². The zero-order chi connectivity index (χ0) is 16.1. The fourth-order valence-corrected chi connectivity index (χ4v) is 2.35. The molecule has 0 saturated carbocycles. The third-order valence-corrected chi connectivity index (χ3v) is 3.96. The van der Waals surface area contributed by atoms with Gasteiger partial charge >= 0.3 is 0 Å². The van der Waals surface area contributed by atoms with E-state index in [1.807, 2.05) is 49.2 Å². The van der Waals surface area contributed by atoms with Gasteiger partial charge in [0.25, 0.3) is 5.91 Å². The van der Waals surface area contributed by atoms with Crippen molar-refractivity contribution in [2.45, 2.75) is 20.8 Å². The molecule has 0 atom stereocenters. The van der Waals surface area contributed by atoms with E-state index in [4.69, 9.17) is 4.74 Å². The number of aryl methyl sites for hydroxylation is 2. The summed E-state index contributed by atoms with van der Waals surface area (Å²) >= 11 is 0. The summed E-state index contributed by atoms with van der Waals surface area (Å²) in [7, 11) is 1.99. The molecule has 5 nitrogen and oxygen atoms in total. The number of carbonyl (C=O) groups is 1. The summed E-state index contributed by atoms with van der Waals surface area (Å²) in [6.07, 6.45) is 1.82. The SMILES string of the molecule is CCN(C)C=Nc1cc(C)c(C(=O)N2CCOCC2)cc1C. The lowest BCUT2D eigenvalue weighted by Crippen LogP contribution is -2.40. The molecule has 1 aliphatic heterocycles. The van der Waals surface area contributed by atoms with Crippen LogP contribution in [0.3, 0.4) is 0 Å². The number of carbonyl (C=O) groups excluding carboxylic acids is 1. The van der Waals surface area contributed by atoms with E-state index in [2.05, 4.69) is 11.9 Å². The van der Waals surface area contributed by atoms with Crippen LogP contribution >= 0.6 is 0 Å². The molecule has 120 valence electrons. The van der Waals surface area contributed by atoms with E-state index in [0.717, 1.165) is 28.9 Å². The largest absolute Gasteiger partial charge is 0.378 e. The van der Waals surface area contributed by atoms with Gasteiger partial charge < -0.3 is 14.5 Å². The van der Waals surface area contributed by atoms with Crippen molar-refractivity contribution < 1.29 is 9.53 Å². The van der Waals surface area contributed by atoms with Crippen LogP contribution in [0, 0.1) is 13.8 Å². The van der Waals surface area contributed by atoms with Gasteiger partial charge in [-0.15, -0.1) is 0 Å². The third kappa shape index (κ3) is 3.85. The van der Waals surface area contributed by atoms with Gasteiger partial charge in [-0.2, -0.15) is 0 Å². The van der Waals surface area contributed by atoms with Gasteiger partial charge in [0.15, 0.2) is 0 Å². The van der Waals surface area contributed by atoms with Gasteiger partial charge in [-0.1, -0.05) is 0 Å². The summed E-state index contributed by atoms with van der Waals surface area (Å²) in [5, 5.41) is 0. The summed E-state index contributed by atoms with van der Waals surface area (Å²) < 4.78 is 5.31. The van der Waals surface area contributed by atoms with Crippen LogP contribution in [0.5, 0.6) is 0 Å². The lowest BCUT2D eigenvalue weighted by Gasteiger charge is -2.27. The molecule has 0 aliphatic carbocycles. The van der Waals surface area contributed by atoms with Crippen LogP contribution in [0.25, 0.3) is 0 Å². The van der Waals surface area contributed by atoms with Crippen molar-refractivity contribution in [3.05, 3.63) is 28.8 Å². The molecular formula is C17H25N3O2. The molecule has 0 aromatic heterocycles. The first-order valence-corrected chi connectivity index (χ1v) is 7.75. The molecule has 1 aliphatic rings. The monoisotopic (exact) mass is 303 g/mol. The number of ether oxygens (including phenoxy) is 1. The molecule has 1 heterocycles. The van der Waals surface area contributed by atoms with E-state index < -0.39 is 0 Å². The fourth-order valence-electron chi connectivity index (χ4n) is 2.35. The standard InChI is InChI=1S/C17H25N3O2/c1-5-19(4)12-18-16-11-13(2)15(10-14(16)3)17(21)20-6-8-22-9-7-20/h10-12H,5-9H2,1-4H3. The summed E-state index contributed by atoms with van der Waals surface area (Å²) in [5.41, 5.74) is 3.66. The summed E-state index contributed by atoms with van der Waals surface area (Å²) in [4.78, 5) is 21.0. The van der Waals surface area contributed by atoms with Gasteiger partial charge in [0.1, 0.15) is 0 Å². The molecule has 1 fully saturated rings. The third-order valence-electron chi connectivity index (χ3n) is 3.96. The topological polar surface area (TPSA) is 45.1 Å². The van der Waals surface area contributed by atoms with Crippen LogP contribution in [0.4, 0.5) is 5.69 Å². The first kappa shape index (κ1) is 16.5. The van der Waals surface area contributed by atoms with Crippen molar-refractivity contribution in [2.75, 3.05) is 39.9 Å². The Morgan fingerprint density at radius 1 is 1.32 bits per heavy atom. The van der Waals surface area contributed by atoms with Crippen molar-refractivity contribution in [2.24, 2.45) is 4.99 Å². The van der Waals surface area contributed by atoms with E-state index in [1.54, 1.807) is 0 Å². The van der Waals surface area contributed by atoms with Crippen molar-refractivity contribution in [1.82, 2.24) is 9.80 Å². The molecule has 0 bridgehead atoms. The first-order valence-electron chi connectivity index (χ1n) is 7.75. The second-order valence-corrected chi connectivity index (χ2v) is 5.68. The highest BCUT2D eigenvalue weighted by atomic mass is 16.5. The minimum absolute atomic E-state index is 0.0881. The van der Waals surface area contributed by atoms with Crippen LogP contribution in [0.15, 0.2) is 17.1 Å². The average Bonchev–Trinajstić information content (AvgIpc) is 2.55. The highest BCUT2D eigenvalue weighted by Gasteiger charge is 2.20. The number of nitrogens with zero attached hydrogens (tertiary/aromatic N) is 3. The Morgan fingerprint density at radius 2 is 2.00 bits per heavy atom. The number of rotatable bonds is 4. The summed E-state index contributed by atoms with van der Waals surface area (Å²) in [5.74, 6) is 0.0881. The lowest BCUT2D eigenvalue weighted by atomic mass is 10.0. The Morgan fingerprint density at radius 3 is 2.64 bits per heavy atom. The number of hydrogen-bond acceptors (Lipinski definition) is 3. The maximum absolute atomic E-state index is 12.6. The molecule has 5 heteroatoms. The Kier molecular flexibility index (Phi) is 5.55. The first-order chi connectivity index (χ1) is 10.5. The molecule has 1 amide bonds. The van der Waals surface area contributed by atoms with Crippen LogP contribution in [0.1, 0.15) is 28.4 Å². The predicted molar refractivity (Wildman–Crippen MR) is 89.1 cm³/mol. The molecular weight excluding hydrogens is 278 g/mol. The Hall–Kier alpha value is -1.88. The van der Waals surface area contributed by atoms with E-state index in [-0.39, 0.29) is 5.91 Å². The second-order valence-electron chi connectivity index (χ2n) is 5.68. The lowest BCUT2D eigenvalue weighted by molar-refractivity contribution is 0.0302. The number of aliphatic imine (C=N–C) groups is 1. The van der Waals surface area contributed by atoms with Gasteiger partial charge in [0, 0.05) is 32.2 Å². The fraction of sp³-hybridized carbons (Fsp3) is 0.529. The van der Waals surface area contributed by atoms with Gasteiger partial charge in [0.2, 0.25) is 0 Å². The van der Waals surface area contributed by atoms with E-state index in [9.17, 15) is 4.79 Å². The van der Waals surface area contributed by atoms with Crippen molar-refractivity contribution in [1.29, 1.82) is 0 Å². The predicted octanol–water partition coefficient (Wildman–Crippen LogP) is 2.39. The van der Waals surface area contributed by atoms with Crippen LogP contribution < -0.4 is 0 Å². The summed E-state index contributed by atoms with van der Waals surface area (Å²) in [6.45, 7) is 9.52. The molecule has 0 N–H and O–H groups in total. The Bertz CT molecular complexity index is 563. The smallest absolute Gasteiger partial charge is 0.254 e. The number of amides is 1. The minimum Gasteiger partial charge on any atom is -0.378 e. The number of benzene rings is 1. The van der Waals surface area contributed by atoms with Crippen LogP contribution in [-0.4, -0.2) is 61.9 Å². The van der Waals surface area contributed by atoms with E-state index in [0.29, 0.717) is 26.3 Å². The summed E-state index contributed by atoms with van der Waals surface area (Å²) in [6, 6.07) is 3.94. The average molecular weight is 303 g/mol. The van der Waals surface area contributed by atoms with Gasteiger partial charge in [-0.3, -0.25) is 4.79 Å². The highest BCUT2D eigenvalue weighted by Crippen LogP contribution is 2.24. The zero-order valence-corrected chi connectivity index (χ0v) is 13.9. The van der Waals surface area contributed by atoms with Crippen molar-refractivity contribution in [3.8, 4) is 0 Å². The molecule has 1 saturated heterocycles. The molecule has 1 aromatic rings. The number of hydrogen-bond donors (Lipinski definition) is 0. The molecule has 1 aromatic carbocycles. The van der Waals surface area contributed by atoms with Gasteiger partial charge in [-0.05, 0) is 44.0 Å². The maximum atomic E-state index is 12.6. The molecule has 0 unspecified atom stereocenters. The number of morpholine rings is 1. The zero-order valence-electron chi connectivity index (χ0n) is 13.9. The van der Waals surface area contributed by atoms with Crippen LogP contribution in [0.2, 0.25) is 0 Å². The quantitative estimate of drug-likeness (QED) is 0.634. The van der Waals surface area contributed by atoms with Gasteiger partial charge in [-0.25, -0.2) is 4.99 Å². The molecule has 22 heavy (non-hydrogen) atoms. The highest BCUT2D eigenvalue weighted by molar-refractivity contribution is 5.96. The molecule has 2 rings (SSSR count). The van der Waals surface area contributed by atoms with Crippen molar-refractivity contribution in [3.63, 3.8) is 0 Å². The Labute approximate surface area is 132 Å². The molecule has 0 spiro atoms. The minimum atomic E-state index is 0.0881. The Balaban J connectivity index is 2.22. The molecule has 0 radical (unpaired) electrons. The second kappa shape index (κ2) is 7.40. The van der Waals surface area contributed by atoms with Gasteiger partial charge in [0.05, 0.1) is 25.2 Å². The normalized spacial score (nSPS) is 15.4.